The number of carbonyl (C=O) groups is 3. The lowest BCUT2D eigenvalue weighted by Gasteiger charge is -2.35. The summed E-state index contributed by atoms with van der Waals surface area (Å²) in [5.74, 6) is -1.30. The number of carbonyl (C=O) groups excluding carboxylic acids is 3. The molecule has 1 saturated heterocycles. The number of benzene rings is 2. The van der Waals surface area contributed by atoms with Crippen molar-refractivity contribution < 1.29 is 53.1 Å². The number of aliphatic hydroxyl groups is 1. The Morgan fingerprint density at radius 3 is 2.07 bits per heavy atom. The Balaban J connectivity index is 0.686. The highest BCUT2D eigenvalue weighted by Crippen LogP contribution is 2.35. The lowest BCUT2D eigenvalue weighted by Crippen LogP contribution is -2.58. The molecule has 1 fully saturated rings. The van der Waals surface area contributed by atoms with Gasteiger partial charge in [-0.3, -0.25) is 24.0 Å². The van der Waals surface area contributed by atoms with Gasteiger partial charge in [-0.1, -0.05) is 68.4 Å². The number of nitrogens with zero attached hydrogens (tertiary/aromatic N) is 6. The first kappa shape index (κ1) is 55.8. The Hall–Kier alpha value is -5.97. The predicted molar refractivity (Wildman–Crippen MR) is 279 cm³/mol. The number of aromatic nitrogens is 4. The minimum absolute atomic E-state index is 0.0163. The molecule has 1 aliphatic carbocycles. The average Bonchev–Trinajstić information content (AvgIpc) is 4.22. The molecule has 5 aromatic rings. The van der Waals surface area contributed by atoms with Crippen LogP contribution in [0.3, 0.4) is 0 Å². The number of rotatable bonds is 29. The van der Waals surface area contributed by atoms with E-state index in [1.165, 1.54) is 10.5 Å². The van der Waals surface area contributed by atoms with Crippen LogP contribution >= 0.6 is 11.3 Å². The van der Waals surface area contributed by atoms with Gasteiger partial charge in [0, 0.05) is 61.7 Å². The lowest BCUT2D eigenvalue weighted by molar-refractivity contribution is -0.144. The fraction of sp³-hybridized carbons (Fsp3) is 0.500. The molecule has 2 aliphatic rings. The van der Waals surface area contributed by atoms with E-state index in [-0.39, 0.29) is 45.2 Å². The highest BCUT2D eigenvalue weighted by atomic mass is 32.1. The number of β-amino-alcohol motifs (C(OH)–C–C–N with tert-alkyl or cyclic N) is 1. The van der Waals surface area contributed by atoms with E-state index in [1.807, 2.05) is 86.5 Å². The summed E-state index contributed by atoms with van der Waals surface area (Å²) < 4.78 is 35.8. The molecule has 1 aliphatic heterocycles. The van der Waals surface area contributed by atoms with Gasteiger partial charge in [-0.15, -0.1) is 11.3 Å². The van der Waals surface area contributed by atoms with Crippen LogP contribution in [0.2, 0.25) is 0 Å². The number of ether oxygens (including phenoxy) is 6. The molecule has 0 radical (unpaired) electrons. The number of aliphatic hydroxyl groups excluding tert-OH is 1. The highest BCUT2D eigenvalue weighted by Gasteiger charge is 2.44. The van der Waals surface area contributed by atoms with Gasteiger partial charge in [0.25, 0.3) is 0 Å². The molecule has 3 aromatic heterocycles. The van der Waals surface area contributed by atoms with Crippen LogP contribution in [0.1, 0.15) is 62.4 Å². The molecule has 4 N–H and O–H groups in total. The third-order valence-corrected chi connectivity index (χ3v) is 13.7. The van der Waals surface area contributed by atoms with Crippen molar-refractivity contribution in [2.75, 3.05) is 85.8 Å². The second-order valence-electron chi connectivity index (χ2n) is 19.2. The van der Waals surface area contributed by atoms with Crippen LogP contribution < -0.4 is 10.6 Å². The second kappa shape index (κ2) is 28.1. The van der Waals surface area contributed by atoms with Crippen LogP contribution in [-0.2, 0) is 62.3 Å². The lowest BCUT2D eigenvalue weighted by atomic mass is 9.85. The number of aryl methyl sites for hydroxylation is 3. The molecule has 20 heteroatoms. The maximum Gasteiger partial charge on any atom is 0.246 e. The molecule has 0 bridgehead atoms. The first-order chi connectivity index (χ1) is 35.9. The predicted octanol–water partition coefficient (Wildman–Crippen LogP) is 5.47. The molecule has 3 amide bonds. The molecule has 2 aromatic carbocycles. The number of hydrogen-bond acceptors (Lipinski definition) is 16. The van der Waals surface area contributed by atoms with Crippen molar-refractivity contribution in [3.8, 4) is 32.8 Å². The van der Waals surface area contributed by atoms with Gasteiger partial charge >= 0.3 is 0 Å². The van der Waals surface area contributed by atoms with Gasteiger partial charge in [0.15, 0.2) is 0 Å². The first-order valence-electron chi connectivity index (χ1n) is 25.2. The van der Waals surface area contributed by atoms with E-state index in [9.17, 15) is 24.7 Å². The van der Waals surface area contributed by atoms with Gasteiger partial charge in [0.1, 0.15) is 18.7 Å². The monoisotopic (exact) mass is 1040 g/mol. The number of nitrogens with one attached hydrogen (secondary N) is 2. The van der Waals surface area contributed by atoms with Gasteiger partial charge < -0.3 is 54.3 Å². The molecule has 398 valence electrons. The zero-order chi connectivity index (χ0) is 52.3. The van der Waals surface area contributed by atoms with Crippen molar-refractivity contribution in [1.29, 1.82) is 0 Å². The SMILES string of the molecule is Cc1ncsc1-c1ccc(CNC(=O)[C@@H]2C[C@@H](O)CN2C(=O)[C@@H](NC(=O)COCCOCCOCCOCCOCCOCCCn2ncc(-c3ccc4c(c3)CC/C4=N\O)c2-c2ccncc2)C(C)(C)C)cc1. The van der Waals surface area contributed by atoms with E-state index >= 15 is 0 Å². The van der Waals surface area contributed by atoms with E-state index in [2.05, 4.69) is 37.9 Å². The molecular weight excluding hydrogens is 969 g/mol. The third-order valence-electron chi connectivity index (χ3n) is 12.7. The molecular formula is C54H70N8O11S. The maximum atomic E-state index is 13.9. The number of thiazole rings is 1. The molecule has 19 nitrogen and oxygen atoms in total. The van der Waals surface area contributed by atoms with Crippen LogP contribution in [0.4, 0.5) is 0 Å². The normalized spacial score (nSPS) is 16.4. The van der Waals surface area contributed by atoms with Gasteiger partial charge in [-0.05, 0) is 66.0 Å². The molecule has 0 spiro atoms. The summed E-state index contributed by atoms with van der Waals surface area (Å²) in [6.07, 6.45) is 7.05. The summed E-state index contributed by atoms with van der Waals surface area (Å²) in [4.78, 5) is 51.3. The van der Waals surface area contributed by atoms with Crippen molar-refractivity contribution in [2.45, 2.75) is 84.7 Å². The fourth-order valence-electron chi connectivity index (χ4n) is 8.89. The van der Waals surface area contributed by atoms with E-state index in [1.54, 1.807) is 23.7 Å². The molecule has 0 unspecified atom stereocenters. The van der Waals surface area contributed by atoms with Gasteiger partial charge in [-0.25, -0.2) is 4.98 Å². The zero-order valence-electron chi connectivity index (χ0n) is 42.8. The zero-order valence-corrected chi connectivity index (χ0v) is 43.6. The van der Waals surface area contributed by atoms with Crippen LogP contribution in [0.5, 0.6) is 0 Å². The summed E-state index contributed by atoms with van der Waals surface area (Å²) in [6, 6.07) is 16.3. The Kier molecular flexibility index (Phi) is 21.2. The van der Waals surface area contributed by atoms with E-state index in [4.69, 9.17) is 33.5 Å². The van der Waals surface area contributed by atoms with E-state index < -0.39 is 35.4 Å². The number of likely N-dealkylation sites (tertiary alicyclic amines) is 1. The summed E-state index contributed by atoms with van der Waals surface area (Å²) in [7, 11) is 0. The maximum absolute atomic E-state index is 13.9. The fourth-order valence-corrected chi connectivity index (χ4v) is 9.70. The summed E-state index contributed by atoms with van der Waals surface area (Å²) in [5, 5.41) is 33.8. The number of amides is 3. The summed E-state index contributed by atoms with van der Waals surface area (Å²) in [6.45, 7) is 12.4. The Bertz CT molecular complexity index is 2600. The van der Waals surface area contributed by atoms with Crippen molar-refractivity contribution >= 4 is 34.8 Å². The topological polar surface area (TPSA) is 230 Å². The standard InChI is InChI=1S/C54H70N8O11S/c1-37-50(74-36-57-37)40-8-6-38(7-9-40)32-56-52(65)47-31-43(63)34-61(47)53(66)51(54(2,3)4)59-48(64)35-73-29-28-72-27-26-71-25-24-70-23-22-69-21-20-68-19-5-18-62-49(39-14-16-55-17-15-39)45(33-58-62)42-10-12-44-41(30-42)11-13-46(44)60-67/h6-10,12,14-17,30,33,36,43,47,51,63,67H,5,11,13,18-29,31-32,34-35H2,1-4H3,(H,56,65)(H,59,64)/b60-46+/t43-,47+,51-/m1/s1. The molecule has 3 atom stereocenters. The first-order valence-corrected chi connectivity index (χ1v) is 26.1. The quantitative estimate of drug-likeness (QED) is 0.0265. The van der Waals surface area contributed by atoms with Crippen LogP contribution in [0.15, 0.2) is 83.9 Å². The minimum atomic E-state index is -0.964. The molecule has 7 rings (SSSR count). The van der Waals surface area contributed by atoms with Crippen molar-refractivity contribution in [2.24, 2.45) is 10.6 Å². The number of hydrogen-bond donors (Lipinski definition) is 4. The minimum Gasteiger partial charge on any atom is -0.411 e. The van der Waals surface area contributed by atoms with Gasteiger partial charge in [0.2, 0.25) is 17.7 Å². The Morgan fingerprint density at radius 1 is 0.811 bits per heavy atom. The largest absolute Gasteiger partial charge is 0.411 e. The Morgan fingerprint density at radius 2 is 1.45 bits per heavy atom. The van der Waals surface area contributed by atoms with Crippen LogP contribution in [0.25, 0.3) is 32.8 Å². The third kappa shape index (κ3) is 15.8. The van der Waals surface area contributed by atoms with Crippen molar-refractivity contribution in [1.82, 2.24) is 35.3 Å². The molecule has 4 heterocycles. The van der Waals surface area contributed by atoms with E-state index in [0.717, 1.165) is 74.6 Å². The number of oxime groups is 1. The molecule has 0 saturated carbocycles. The van der Waals surface area contributed by atoms with Crippen LogP contribution in [-0.4, -0.2) is 162 Å². The summed E-state index contributed by atoms with van der Waals surface area (Å²) >= 11 is 1.57. The van der Waals surface area contributed by atoms with E-state index in [0.29, 0.717) is 66.0 Å². The van der Waals surface area contributed by atoms with Gasteiger partial charge in [-0.2, -0.15) is 5.10 Å². The summed E-state index contributed by atoms with van der Waals surface area (Å²) in [5.41, 5.74) is 11.1. The smallest absolute Gasteiger partial charge is 0.246 e. The second-order valence-corrected chi connectivity index (χ2v) is 20.1. The molecule has 74 heavy (non-hydrogen) atoms. The van der Waals surface area contributed by atoms with Crippen LogP contribution in [0, 0.1) is 12.3 Å². The highest BCUT2D eigenvalue weighted by molar-refractivity contribution is 7.13. The van der Waals surface area contributed by atoms with Crippen molar-refractivity contribution in [3.05, 3.63) is 101 Å². The number of pyridine rings is 1. The van der Waals surface area contributed by atoms with Gasteiger partial charge in [0.05, 0.1) is 106 Å². The number of fused-ring (bicyclic) bond motifs is 1. The van der Waals surface area contributed by atoms with Crippen molar-refractivity contribution in [3.63, 3.8) is 0 Å². The Labute approximate surface area is 436 Å². The average molecular weight is 1040 g/mol.